The van der Waals surface area contributed by atoms with Gasteiger partial charge in [0.25, 0.3) is 10.1 Å². The van der Waals surface area contributed by atoms with Crippen molar-refractivity contribution in [3.05, 3.63) is 137 Å². The van der Waals surface area contributed by atoms with Gasteiger partial charge in [0.05, 0.1) is 4.90 Å². The molecule has 0 aliphatic rings. The van der Waals surface area contributed by atoms with Crippen LogP contribution in [0.25, 0.3) is 0 Å². The smallest absolute Gasteiger partial charge is 0.245 e. The monoisotopic (exact) mass is 468 g/mol. The molecule has 0 aliphatic carbocycles. The number of rotatable bonds is 6. The van der Waals surface area contributed by atoms with E-state index in [0.29, 0.717) is 0 Å². The molecule has 0 radical (unpaired) electrons. The van der Waals surface area contributed by atoms with Gasteiger partial charge in [0, 0.05) is 0 Å². The molecular formula is C26H19F3O3S. The van der Waals surface area contributed by atoms with E-state index in [4.69, 9.17) is 4.18 Å². The first-order valence-electron chi connectivity index (χ1n) is 10.0. The minimum atomic E-state index is -4.39. The highest BCUT2D eigenvalue weighted by Crippen LogP contribution is 2.43. The van der Waals surface area contributed by atoms with E-state index in [1.165, 1.54) is 84.9 Å². The molecule has 0 saturated carbocycles. The van der Waals surface area contributed by atoms with Crippen molar-refractivity contribution in [3.8, 4) is 0 Å². The first-order chi connectivity index (χ1) is 15.7. The molecule has 4 aromatic rings. The Bertz CT molecular complexity index is 1240. The minimum Gasteiger partial charge on any atom is -0.245 e. The highest BCUT2D eigenvalue weighted by molar-refractivity contribution is 7.86. The predicted octanol–water partition coefficient (Wildman–Crippen LogP) is 6.11. The van der Waals surface area contributed by atoms with Gasteiger partial charge in [-0.2, -0.15) is 8.42 Å². The third kappa shape index (κ3) is 4.55. The van der Waals surface area contributed by atoms with E-state index in [-0.39, 0.29) is 21.6 Å². The third-order valence-electron chi connectivity index (χ3n) is 5.30. The lowest BCUT2D eigenvalue weighted by Crippen LogP contribution is -2.35. The highest BCUT2D eigenvalue weighted by atomic mass is 32.2. The van der Waals surface area contributed by atoms with Crippen LogP contribution < -0.4 is 0 Å². The molecule has 0 bridgehead atoms. The molecule has 0 heterocycles. The fourth-order valence-corrected chi connectivity index (χ4v) is 4.80. The number of halogens is 3. The summed E-state index contributed by atoms with van der Waals surface area (Å²) in [5.41, 5.74) is -0.206. The zero-order valence-electron chi connectivity index (χ0n) is 17.5. The van der Waals surface area contributed by atoms with Crippen LogP contribution in [-0.2, 0) is 19.9 Å². The van der Waals surface area contributed by atoms with E-state index in [0.717, 1.165) is 5.56 Å². The molecule has 0 fully saturated rings. The molecule has 0 aromatic heterocycles. The summed E-state index contributed by atoms with van der Waals surface area (Å²) in [7, 11) is -4.39. The fraction of sp³-hybridized carbons (Fsp3) is 0.0769. The van der Waals surface area contributed by atoms with Gasteiger partial charge in [-0.05, 0) is 72.1 Å². The van der Waals surface area contributed by atoms with Crippen LogP contribution in [0.1, 0.15) is 22.3 Å². The molecule has 0 amide bonds. The molecule has 33 heavy (non-hydrogen) atoms. The van der Waals surface area contributed by atoms with Crippen LogP contribution in [-0.4, -0.2) is 8.42 Å². The maximum atomic E-state index is 13.8. The molecule has 4 rings (SSSR count). The largest absolute Gasteiger partial charge is 0.298 e. The van der Waals surface area contributed by atoms with Crippen molar-refractivity contribution in [2.75, 3.05) is 0 Å². The molecule has 0 atom stereocenters. The molecule has 0 saturated heterocycles. The van der Waals surface area contributed by atoms with Crippen molar-refractivity contribution in [1.29, 1.82) is 0 Å². The second kappa shape index (κ2) is 8.84. The van der Waals surface area contributed by atoms with E-state index in [9.17, 15) is 21.6 Å². The van der Waals surface area contributed by atoms with E-state index in [1.54, 1.807) is 12.1 Å². The second-order valence-corrected chi connectivity index (χ2v) is 9.10. The summed E-state index contributed by atoms with van der Waals surface area (Å²) in [5.74, 6) is -1.60. The summed E-state index contributed by atoms with van der Waals surface area (Å²) in [5, 5.41) is 0. The van der Waals surface area contributed by atoms with Gasteiger partial charge in [-0.3, -0.25) is 0 Å². The summed E-state index contributed by atoms with van der Waals surface area (Å²) in [6.45, 7) is 1.82. The topological polar surface area (TPSA) is 43.4 Å². The van der Waals surface area contributed by atoms with Crippen LogP contribution in [0.15, 0.2) is 102 Å². The van der Waals surface area contributed by atoms with Crippen LogP contribution in [0.4, 0.5) is 13.2 Å². The van der Waals surface area contributed by atoms with Crippen molar-refractivity contribution < 1.29 is 25.8 Å². The fourth-order valence-electron chi connectivity index (χ4n) is 3.62. The molecule has 0 N–H and O–H groups in total. The SMILES string of the molecule is Cc1ccc(S(=O)(=O)OC(c2ccc(F)cc2)(c2ccc(F)cc2)c2ccc(F)cc2)cc1. The van der Waals surface area contributed by atoms with Crippen molar-refractivity contribution in [3.63, 3.8) is 0 Å². The Labute approximate surface area is 190 Å². The van der Waals surface area contributed by atoms with Crippen LogP contribution in [0.5, 0.6) is 0 Å². The van der Waals surface area contributed by atoms with Crippen molar-refractivity contribution in [1.82, 2.24) is 0 Å². The molecule has 168 valence electrons. The quantitative estimate of drug-likeness (QED) is 0.253. The summed E-state index contributed by atoms with van der Waals surface area (Å²) >= 11 is 0. The first-order valence-corrected chi connectivity index (χ1v) is 11.4. The maximum absolute atomic E-state index is 13.8. The van der Waals surface area contributed by atoms with E-state index in [1.807, 2.05) is 6.92 Å². The molecule has 7 heteroatoms. The Morgan fingerprint density at radius 1 is 0.576 bits per heavy atom. The molecule has 0 unspecified atom stereocenters. The van der Waals surface area contributed by atoms with E-state index in [2.05, 4.69) is 0 Å². The van der Waals surface area contributed by atoms with Gasteiger partial charge in [-0.1, -0.05) is 54.1 Å². The van der Waals surface area contributed by atoms with Crippen LogP contribution in [0, 0.1) is 24.4 Å². The molecule has 0 spiro atoms. The van der Waals surface area contributed by atoms with E-state index < -0.39 is 33.2 Å². The Morgan fingerprint density at radius 2 is 0.909 bits per heavy atom. The van der Waals surface area contributed by atoms with Crippen molar-refractivity contribution in [2.24, 2.45) is 0 Å². The summed E-state index contributed by atoms with van der Waals surface area (Å²) < 4.78 is 74.1. The predicted molar refractivity (Wildman–Crippen MR) is 119 cm³/mol. The maximum Gasteiger partial charge on any atom is 0.298 e. The zero-order valence-corrected chi connectivity index (χ0v) is 18.3. The van der Waals surface area contributed by atoms with Crippen LogP contribution in [0.2, 0.25) is 0 Å². The molecule has 3 nitrogen and oxygen atoms in total. The third-order valence-corrected chi connectivity index (χ3v) is 6.62. The van der Waals surface area contributed by atoms with Crippen molar-refractivity contribution >= 4 is 10.1 Å². The standard InChI is InChI=1S/C26H19F3O3S/c1-18-2-16-25(17-3-18)33(30,31)32-26(19-4-10-22(27)11-5-19,20-6-12-23(28)13-7-20)21-8-14-24(29)15-9-21/h2-17H,1H3. The summed E-state index contributed by atoms with van der Waals surface area (Å²) in [6.07, 6.45) is 0. The number of benzene rings is 4. The van der Waals surface area contributed by atoms with Crippen LogP contribution >= 0.6 is 0 Å². The van der Waals surface area contributed by atoms with Gasteiger partial charge in [0.2, 0.25) is 0 Å². The lowest BCUT2D eigenvalue weighted by atomic mass is 9.80. The molecule has 0 aliphatic heterocycles. The average Bonchev–Trinajstić information content (AvgIpc) is 2.79. The molecule has 4 aromatic carbocycles. The lowest BCUT2D eigenvalue weighted by molar-refractivity contribution is 0.163. The van der Waals surface area contributed by atoms with Crippen molar-refractivity contribution in [2.45, 2.75) is 17.4 Å². The second-order valence-electron chi connectivity index (χ2n) is 7.55. The Balaban J connectivity index is 2.02. The van der Waals surface area contributed by atoms with Gasteiger partial charge in [0.15, 0.2) is 5.60 Å². The van der Waals surface area contributed by atoms with Gasteiger partial charge >= 0.3 is 0 Å². The minimum absolute atomic E-state index is 0.0937. The number of hydrogen-bond donors (Lipinski definition) is 0. The Kier molecular flexibility index (Phi) is 6.10. The highest BCUT2D eigenvalue weighted by Gasteiger charge is 2.43. The van der Waals surface area contributed by atoms with Gasteiger partial charge in [0.1, 0.15) is 17.5 Å². The lowest BCUT2D eigenvalue weighted by Gasteiger charge is -2.35. The van der Waals surface area contributed by atoms with Gasteiger partial charge < -0.3 is 0 Å². The average molecular weight is 468 g/mol. The number of hydrogen-bond acceptors (Lipinski definition) is 3. The zero-order chi connectivity index (χ0) is 23.6. The normalized spacial score (nSPS) is 12.0. The summed E-state index contributed by atoms with van der Waals surface area (Å²) in [6, 6.07) is 21.4. The number of aryl methyl sites for hydroxylation is 1. The molecular weight excluding hydrogens is 449 g/mol. The van der Waals surface area contributed by atoms with Gasteiger partial charge in [-0.15, -0.1) is 0 Å². The summed E-state index contributed by atoms with van der Waals surface area (Å²) in [4.78, 5) is -0.0937. The Morgan fingerprint density at radius 3 is 1.24 bits per heavy atom. The Hall–Kier alpha value is -3.42. The van der Waals surface area contributed by atoms with Gasteiger partial charge in [-0.25, -0.2) is 17.4 Å². The van der Waals surface area contributed by atoms with Crippen LogP contribution in [0.3, 0.4) is 0 Å². The van der Waals surface area contributed by atoms with E-state index >= 15 is 0 Å². The first kappa shape index (κ1) is 22.8.